The van der Waals surface area contributed by atoms with E-state index in [1.165, 1.54) is 0 Å². The molecule has 3 aromatic rings. The first-order valence-electron chi connectivity index (χ1n) is 9.66. The van der Waals surface area contributed by atoms with Crippen LogP contribution in [0.4, 0.5) is 5.69 Å². The lowest BCUT2D eigenvalue weighted by atomic mass is 10.1. The van der Waals surface area contributed by atoms with Gasteiger partial charge in [-0.1, -0.05) is 29.8 Å². The van der Waals surface area contributed by atoms with Gasteiger partial charge in [-0.15, -0.1) is 0 Å². The van der Waals surface area contributed by atoms with Gasteiger partial charge in [-0.2, -0.15) is 5.10 Å². The van der Waals surface area contributed by atoms with Crippen LogP contribution >= 0.6 is 11.6 Å². The summed E-state index contributed by atoms with van der Waals surface area (Å²) in [6.07, 6.45) is 1.75. The van der Waals surface area contributed by atoms with E-state index in [2.05, 4.69) is 10.00 Å². The van der Waals surface area contributed by atoms with Crippen molar-refractivity contribution in [1.29, 1.82) is 0 Å². The molecule has 1 saturated heterocycles. The molecular formula is C22H22ClN5O2. The van der Waals surface area contributed by atoms with E-state index in [-0.39, 0.29) is 5.91 Å². The first-order valence-corrected chi connectivity index (χ1v) is 10.0. The Morgan fingerprint density at radius 3 is 2.30 bits per heavy atom. The van der Waals surface area contributed by atoms with Gasteiger partial charge >= 0.3 is 0 Å². The molecule has 4 rings (SSSR count). The zero-order valence-corrected chi connectivity index (χ0v) is 17.3. The Balaban J connectivity index is 1.49. The van der Waals surface area contributed by atoms with E-state index in [4.69, 9.17) is 17.3 Å². The highest BCUT2D eigenvalue weighted by atomic mass is 35.5. The summed E-state index contributed by atoms with van der Waals surface area (Å²) in [6.45, 7) is 2.58. The van der Waals surface area contributed by atoms with Crippen molar-refractivity contribution in [2.45, 2.75) is 0 Å². The standard InChI is InChI=1S/C22H22ClN5O2/c1-26-14-18(20(25-26)17-4-2-3-5-19(17)23)22(30)28-12-10-27(11-13-28)16-8-6-15(7-9-16)21(24)29/h2-9,14H,10-13H2,1H3,(H2,24,29). The number of nitrogens with two attached hydrogens (primary N) is 1. The first-order chi connectivity index (χ1) is 14.4. The minimum atomic E-state index is -0.442. The summed E-state index contributed by atoms with van der Waals surface area (Å²) in [4.78, 5) is 28.5. The van der Waals surface area contributed by atoms with Crippen LogP contribution in [0.3, 0.4) is 0 Å². The van der Waals surface area contributed by atoms with Gasteiger partial charge in [0.15, 0.2) is 0 Å². The number of aromatic nitrogens is 2. The van der Waals surface area contributed by atoms with E-state index in [0.29, 0.717) is 48.0 Å². The number of nitrogens with zero attached hydrogens (tertiary/aromatic N) is 4. The lowest BCUT2D eigenvalue weighted by Crippen LogP contribution is -2.48. The highest BCUT2D eigenvalue weighted by Crippen LogP contribution is 2.30. The van der Waals surface area contributed by atoms with Crippen molar-refractivity contribution in [2.75, 3.05) is 31.1 Å². The summed E-state index contributed by atoms with van der Waals surface area (Å²) in [5.41, 5.74) is 8.68. The Labute approximate surface area is 179 Å². The largest absolute Gasteiger partial charge is 0.368 e. The van der Waals surface area contributed by atoms with Crippen molar-refractivity contribution >= 4 is 29.1 Å². The number of carbonyl (C=O) groups excluding carboxylic acids is 2. The molecule has 2 aromatic carbocycles. The zero-order chi connectivity index (χ0) is 21.3. The molecule has 0 saturated carbocycles. The van der Waals surface area contributed by atoms with E-state index >= 15 is 0 Å². The lowest BCUT2D eigenvalue weighted by Gasteiger charge is -2.36. The average molecular weight is 424 g/mol. The second-order valence-corrected chi connectivity index (χ2v) is 7.64. The number of hydrogen-bond donors (Lipinski definition) is 1. The Hall–Kier alpha value is -3.32. The van der Waals surface area contributed by atoms with Gasteiger partial charge in [0, 0.05) is 56.2 Å². The van der Waals surface area contributed by atoms with Gasteiger partial charge in [0.1, 0.15) is 5.69 Å². The third-order valence-electron chi connectivity index (χ3n) is 5.27. The van der Waals surface area contributed by atoms with Crippen LogP contribution in [0.5, 0.6) is 0 Å². The fourth-order valence-electron chi connectivity index (χ4n) is 3.67. The Morgan fingerprint density at radius 2 is 1.67 bits per heavy atom. The molecule has 0 aliphatic carbocycles. The molecule has 0 spiro atoms. The second kappa shape index (κ2) is 8.20. The summed E-state index contributed by atoms with van der Waals surface area (Å²) in [7, 11) is 1.80. The molecule has 1 aliphatic heterocycles. The Bertz CT molecular complexity index is 1090. The fourth-order valence-corrected chi connectivity index (χ4v) is 3.90. The van der Waals surface area contributed by atoms with Gasteiger partial charge in [0.2, 0.25) is 5.91 Å². The molecule has 0 bridgehead atoms. The van der Waals surface area contributed by atoms with Crippen molar-refractivity contribution < 1.29 is 9.59 Å². The number of piperazine rings is 1. The molecule has 154 valence electrons. The minimum absolute atomic E-state index is 0.0539. The number of amides is 2. The van der Waals surface area contributed by atoms with Crippen molar-refractivity contribution in [3.8, 4) is 11.3 Å². The van der Waals surface area contributed by atoms with Crippen LogP contribution < -0.4 is 10.6 Å². The van der Waals surface area contributed by atoms with Crippen molar-refractivity contribution in [2.24, 2.45) is 12.8 Å². The molecular weight excluding hydrogens is 402 g/mol. The molecule has 1 fully saturated rings. The number of hydrogen-bond acceptors (Lipinski definition) is 4. The molecule has 1 aliphatic rings. The molecule has 1 aromatic heterocycles. The normalized spacial score (nSPS) is 14.1. The van der Waals surface area contributed by atoms with Crippen LogP contribution in [0.25, 0.3) is 11.3 Å². The molecule has 0 atom stereocenters. The number of carbonyl (C=O) groups is 2. The number of rotatable bonds is 4. The number of halogens is 1. The second-order valence-electron chi connectivity index (χ2n) is 7.24. The molecule has 30 heavy (non-hydrogen) atoms. The maximum atomic E-state index is 13.2. The predicted octanol–water partition coefficient (Wildman–Crippen LogP) is 2.80. The molecule has 2 N–H and O–H groups in total. The lowest BCUT2D eigenvalue weighted by molar-refractivity contribution is 0.0747. The van der Waals surface area contributed by atoms with E-state index in [1.807, 2.05) is 35.2 Å². The molecule has 2 heterocycles. The van der Waals surface area contributed by atoms with Crippen molar-refractivity contribution in [3.63, 3.8) is 0 Å². The van der Waals surface area contributed by atoms with E-state index in [0.717, 1.165) is 11.3 Å². The summed E-state index contributed by atoms with van der Waals surface area (Å²) in [5.74, 6) is -0.496. The molecule has 7 nitrogen and oxygen atoms in total. The van der Waals surface area contributed by atoms with Gasteiger partial charge in [0.25, 0.3) is 5.91 Å². The Morgan fingerprint density at radius 1 is 1.00 bits per heavy atom. The van der Waals surface area contributed by atoms with Crippen LogP contribution in [0.1, 0.15) is 20.7 Å². The van der Waals surface area contributed by atoms with Crippen LogP contribution in [0, 0.1) is 0 Å². The average Bonchev–Trinajstić information content (AvgIpc) is 3.15. The van der Waals surface area contributed by atoms with Crippen LogP contribution in [0.2, 0.25) is 5.02 Å². The third-order valence-corrected chi connectivity index (χ3v) is 5.60. The number of aryl methyl sites for hydroxylation is 1. The highest BCUT2D eigenvalue weighted by molar-refractivity contribution is 6.33. The smallest absolute Gasteiger partial charge is 0.257 e. The van der Waals surface area contributed by atoms with Crippen molar-refractivity contribution in [1.82, 2.24) is 14.7 Å². The topological polar surface area (TPSA) is 84.5 Å². The van der Waals surface area contributed by atoms with Crippen LogP contribution in [-0.4, -0.2) is 52.7 Å². The van der Waals surface area contributed by atoms with Gasteiger partial charge < -0.3 is 15.5 Å². The monoisotopic (exact) mass is 423 g/mol. The summed E-state index contributed by atoms with van der Waals surface area (Å²) >= 11 is 6.34. The van der Waals surface area contributed by atoms with Gasteiger partial charge in [-0.05, 0) is 30.3 Å². The van der Waals surface area contributed by atoms with E-state index in [9.17, 15) is 9.59 Å². The maximum Gasteiger partial charge on any atom is 0.257 e. The Kier molecular flexibility index (Phi) is 5.46. The van der Waals surface area contributed by atoms with Gasteiger partial charge in [-0.25, -0.2) is 0 Å². The summed E-state index contributed by atoms with van der Waals surface area (Å²) in [6, 6.07) is 14.6. The number of primary amides is 1. The maximum absolute atomic E-state index is 13.2. The highest BCUT2D eigenvalue weighted by Gasteiger charge is 2.26. The first kappa shape index (κ1) is 20.0. The fraction of sp³-hybridized carbons (Fsp3) is 0.227. The van der Waals surface area contributed by atoms with Gasteiger partial charge in [-0.3, -0.25) is 14.3 Å². The quantitative estimate of drug-likeness (QED) is 0.699. The zero-order valence-electron chi connectivity index (χ0n) is 16.6. The van der Waals surface area contributed by atoms with Crippen LogP contribution in [-0.2, 0) is 7.05 Å². The SMILES string of the molecule is Cn1cc(C(=O)N2CCN(c3ccc(C(N)=O)cc3)CC2)c(-c2ccccc2Cl)n1. The third kappa shape index (κ3) is 3.89. The number of benzene rings is 2. The molecule has 2 amide bonds. The van der Waals surface area contributed by atoms with E-state index in [1.54, 1.807) is 36.1 Å². The summed E-state index contributed by atoms with van der Waals surface area (Å²) < 4.78 is 1.64. The number of anilines is 1. The van der Waals surface area contributed by atoms with Crippen LogP contribution in [0.15, 0.2) is 54.7 Å². The molecule has 0 unspecified atom stereocenters. The van der Waals surface area contributed by atoms with Gasteiger partial charge in [0.05, 0.1) is 10.6 Å². The molecule has 8 heteroatoms. The minimum Gasteiger partial charge on any atom is -0.368 e. The van der Waals surface area contributed by atoms with E-state index < -0.39 is 5.91 Å². The predicted molar refractivity (Wildman–Crippen MR) is 117 cm³/mol. The molecule has 0 radical (unpaired) electrons. The summed E-state index contributed by atoms with van der Waals surface area (Å²) in [5, 5.41) is 5.04. The van der Waals surface area contributed by atoms with Crippen molar-refractivity contribution in [3.05, 3.63) is 70.9 Å².